The molecule has 2 rings (SSSR count). The molecule has 0 saturated carbocycles. The van der Waals surface area contributed by atoms with Gasteiger partial charge in [0, 0.05) is 0 Å². The van der Waals surface area contributed by atoms with Crippen molar-refractivity contribution in [1.82, 2.24) is 4.72 Å². The summed E-state index contributed by atoms with van der Waals surface area (Å²) < 4.78 is 31.6. The number of nitrogens with zero attached hydrogens (tertiary/aromatic N) is 2. The predicted octanol–water partition coefficient (Wildman–Crippen LogP) is 1.84. The molecular weight excluding hydrogens is 354 g/mol. The van der Waals surface area contributed by atoms with Crippen LogP contribution in [0.1, 0.15) is 23.6 Å². The van der Waals surface area contributed by atoms with Crippen molar-refractivity contribution in [1.29, 1.82) is 10.5 Å². The molecule has 1 atom stereocenters. The minimum atomic E-state index is -3.93. The molecule has 0 aliphatic carbocycles. The van der Waals surface area contributed by atoms with Gasteiger partial charge in [0.15, 0.2) is 6.10 Å². The monoisotopic (exact) mass is 369 g/mol. The van der Waals surface area contributed by atoms with Crippen LogP contribution in [-0.4, -0.2) is 20.4 Å². The van der Waals surface area contributed by atoms with E-state index in [4.69, 9.17) is 15.3 Å². The number of nitriles is 2. The molecule has 8 heteroatoms. The van der Waals surface area contributed by atoms with E-state index in [2.05, 4.69) is 0 Å². The van der Waals surface area contributed by atoms with E-state index in [1.54, 1.807) is 12.1 Å². The third kappa shape index (κ3) is 5.07. The first-order chi connectivity index (χ1) is 12.3. The fourth-order valence-corrected chi connectivity index (χ4v) is 3.25. The molecule has 0 spiro atoms. The molecule has 0 aliphatic heterocycles. The molecular formula is C18H15N3O4S. The normalized spacial score (nSPS) is 11.7. The summed E-state index contributed by atoms with van der Waals surface area (Å²) in [5.74, 6) is -1.06. The summed E-state index contributed by atoms with van der Waals surface area (Å²) in [6.07, 6.45) is -1.11. The van der Waals surface area contributed by atoms with Crippen LogP contribution in [-0.2, 0) is 20.6 Å². The highest BCUT2D eigenvalue weighted by molar-refractivity contribution is 7.89. The molecule has 0 bridgehead atoms. The first-order valence-corrected chi connectivity index (χ1v) is 9.19. The average molecular weight is 369 g/mol. The minimum absolute atomic E-state index is 0.196. The number of benzene rings is 2. The number of nitrogens with one attached hydrogen (secondary N) is 1. The standard InChI is InChI=1S/C18H15N3O4S/c1-13(25-17-5-3-2-4-16(17)11-20)18(22)21-26(23,24)12-15-8-6-14(10-19)7-9-15/h2-9,13H,12H2,1H3,(H,21,22)/t13-/m1/s1. The number of carbonyl (C=O) groups is 1. The molecule has 0 saturated heterocycles. The van der Waals surface area contributed by atoms with Crippen LogP contribution in [0.15, 0.2) is 48.5 Å². The summed E-state index contributed by atoms with van der Waals surface area (Å²) in [5, 5.41) is 17.8. The Bertz CT molecular complexity index is 986. The van der Waals surface area contributed by atoms with Gasteiger partial charge >= 0.3 is 0 Å². The second kappa shape index (κ2) is 8.15. The molecule has 132 valence electrons. The summed E-state index contributed by atoms with van der Waals surface area (Å²) in [7, 11) is -3.93. The van der Waals surface area contributed by atoms with Crippen molar-refractivity contribution in [2.24, 2.45) is 0 Å². The van der Waals surface area contributed by atoms with Crippen molar-refractivity contribution < 1.29 is 17.9 Å². The van der Waals surface area contributed by atoms with Gasteiger partial charge in [0.1, 0.15) is 11.8 Å². The van der Waals surface area contributed by atoms with Crippen LogP contribution < -0.4 is 9.46 Å². The number of sulfonamides is 1. The van der Waals surface area contributed by atoms with Gasteiger partial charge in [-0.1, -0.05) is 24.3 Å². The third-order valence-electron chi connectivity index (χ3n) is 3.38. The molecule has 7 nitrogen and oxygen atoms in total. The Morgan fingerprint density at radius 1 is 1.12 bits per heavy atom. The Morgan fingerprint density at radius 3 is 2.38 bits per heavy atom. The smallest absolute Gasteiger partial charge is 0.274 e. The second-order valence-electron chi connectivity index (χ2n) is 5.40. The number of hydrogen-bond donors (Lipinski definition) is 1. The van der Waals surface area contributed by atoms with Crippen LogP contribution in [0, 0.1) is 22.7 Å². The van der Waals surface area contributed by atoms with Crippen molar-refractivity contribution in [3.63, 3.8) is 0 Å². The molecule has 0 unspecified atom stereocenters. The van der Waals surface area contributed by atoms with E-state index in [0.29, 0.717) is 11.1 Å². The number of amides is 1. The minimum Gasteiger partial charge on any atom is -0.479 e. The first kappa shape index (κ1) is 19.0. The van der Waals surface area contributed by atoms with Crippen molar-refractivity contribution in [3.8, 4) is 17.9 Å². The van der Waals surface area contributed by atoms with Crippen LogP contribution in [0.2, 0.25) is 0 Å². The maximum absolute atomic E-state index is 12.1. The number of ether oxygens (including phenoxy) is 1. The highest BCUT2D eigenvalue weighted by Crippen LogP contribution is 2.18. The number of para-hydroxylation sites is 1. The molecule has 0 radical (unpaired) electrons. The molecule has 0 heterocycles. The van der Waals surface area contributed by atoms with Gasteiger partial charge in [0.2, 0.25) is 10.0 Å². The van der Waals surface area contributed by atoms with Gasteiger partial charge in [0.05, 0.1) is 22.9 Å². The molecule has 26 heavy (non-hydrogen) atoms. The predicted molar refractivity (Wildman–Crippen MR) is 93.2 cm³/mol. The van der Waals surface area contributed by atoms with E-state index < -0.39 is 27.8 Å². The lowest BCUT2D eigenvalue weighted by atomic mass is 10.2. The summed E-state index contributed by atoms with van der Waals surface area (Å²) in [6, 6.07) is 16.2. The lowest BCUT2D eigenvalue weighted by molar-refractivity contribution is -0.125. The van der Waals surface area contributed by atoms with Crippen LogP contribution in [0.4, 0.5) is 0 Å². The van der Waals surface area contributed by atoms with Gasteiger partial charge in [-0.15, -0.1) is 0 Å². The Hall–Kier alpha value is -3.36. The van der Waals surface area contributed by atoms with E-state index >= 15 is 0 Å². The maximum atomic E-state index is 12.1. The van der Waals surface area contributed by atoms with E-state index in [-0.39, 0.29) is 11.3 Å². The van der Waals surface area contributed by atoms with Crippen molar-refractivity contribution in [3.05, 3.63) is 65.2 Å². The molecule has 1 amide bonds. The quantitative estimate of drug-likeness (QED) is 0.829. The van der Waals surface area contributed by atoms with Crippen molar-refractivity contribution in [2.75, 3.05) is 0 Å². The highest BCUT2D eigenvalue weighted by Gasteiger charge is 2.22. The fraction of sp³-hybridized carbons (Fsp3) is 0.167. The highest BCUT2D eigenvalue weighted by atomic mass is 32.2. The Labute approximate surface area is 151 Å². The summed E-state index contributed by atoms with van der Waals surface area (Å²) in [5.41, 5.74) is 1.09. The molecule has 2 aromatic carbocycles. The second-order valence-corrected chi connectivity index (χ2v) is 7.12. The molecule has 0 aromatic heterocycles. The lowest BCUT2D eigenvalue weighted by Crippen LogP contribution is -2.40. The largest absolute Gasteiger partial charge is 0.479 e. The Morgan fingerprint density at radius 2 is 1.77 bits per heavy atom. The lowest BCUT2D eigenvalue weighted by Gasteiger charge is -2.15. The SMILES string of the molecule is C[C@@H](Oc1ccccc1C#N)C(=O)NS(=O)(=O)Cc1ccc(C#N)cc1. The zero-order chi connectivity index (χ0) is 19.2. The van der Waals surface area contributed by atoms with Crippen LogP contribution in [0.3, 0.4) is 0 Å². The van der Waals surface area contributed by atoms with E-state index in [1.165, 1.54) is 43.3 Å². The van der Waals surface area contributed by atoms with Gasteiger partial charge in [-0.3, -0.25) is 4.79 Å². The number of rotatable bonds is 6. The maximum Gasteiger partial charge on any atom is 0.274 e. The third-order valence-corrected chi connectivity index (χ3v) is 4.60. The van der Waals surface area contributed by atoms with Crippen molar-refractivity contribution in [2.45, 2.75) is 18.8 Å². The van der Waals surface area contributed by atoms with Crippen LogP contribution >= 0.6 is 0 Å². The Kier molecular flexibility index (Phi) is 5.94. The number of hydrogen-bond acceptors (Lipinski definition) is 6. The topological polar surface area (TPSA) is 120 Å². The van der Waals surface area contributed by atoms with Crippen LogP contribution in [0.25, 0.3) is 0 Å². The summed E-state index contributed by atoms with van der Waals surface area (Å²) in [4.78, 5) is 12.1. The van der Waals surface area contributed by atoms with Gasteiger partial charge in [0.25, 0.3) is 5.91 Å². The number of carbonyl (C=O) groups excluding carboxylic acids is 1. The van der Waals surface area contributed by atoms with Gasteiger partial charge in [-0.25, -0.2) is 13.1 Å². The summed E-state index contributed by atoms with van der Waals surface area (Å²) in [6.45, 7) is 1.39. The molecule has 2 aromatic rings. The van der Waals surface area contributed by atoms with E-state index in [0.717, 1.165) is 0 Å². The molecule has 0 aliphatic rings. The van der Waals surface area contributed by atoms with E-state index in [1.807, 2.05) is 16.9 Å². The fourth-order valence-electron chi connectivity index (χ4n) is 2.07. The van der Waals surface area contributed by atoms with Gasteiger partial charge in [-0.2, -0.15) is 10.5 Å². The molecule has 0 fully saturated rings. The van der Waals surface area contributed by atoms with Crippen molar-refractivity contribution >= 4 is 15.9 Å². The van der Waals surface area contributed by atoms with E-state index in [9.17, 15) is 13.2 Å². The first-order valence-electron chi connectivity index (χ1n) is 7.54. The Balaban J connectivity index is 2.02. The zero-order valence-electron chi connectivity index (χ0n) is 13.8. The van der Waals surface area contributed by atoms with Gasteiger partial charge in [-0.05, 0) is 36.8 Å². The summed E-state index contributed by atoms with van der Waals surface area (Å²) >= 11 is 0. The van der Waals surface area contributed by atoms with Crippen LogP contribution in [0.5, 0.6) is 5.75 Å². The average Bonchev–Trinajstić information content (AvgIpc) is 2.62. The van der Waals surface area contributed by atoms with Gasteiger partial charge < -0.3 is 4.74 Å². The zero-order valence-corrected chi connectivity index (χ0v) is 14.7. The molecule has 1 N–H and O–H groups in total.